The van der Waals surface area contributed by atoms with E-state index in [0.29, 0.717) is 33.2 Å². The van der Waals surface area contributed by atoms with Crippen LogP contribution in [0.25, 0.3) is 11.0 Å². The van der Waals surface area contributed by atoms with Crippen LogP contribution >= 0.6 is 11.6 Å². The number of methoxy groups -OCH3 is 1. The molecular formula is C25H25ClN6O4S. The number of fused-ring (bicyclic) bond motifs is 1. The van der Waals surface area contributed by atoms with Gasteiger partial charge in [0.25, 0.3) is 0 Å². The minimum atomic E-state index is -3.22. The van der Waals surface area contributed by atoms with E-state index in [-0.39, 0.29) is 23.2 Å². The number of hydrogen-bond acceptors (Lipinski definition) is 8. The lowest BCUT2D eigenvalue weighted by Crippen LogP contribution is -2.35. The third-order valence-corrected chi connectivity index (χ3v) is 6.60. The topological polar surface area (TPSA) is 126 Å². The van der Waals surface area contributed by atoms with Crippen LogP contribution in [0.5, 0.6) is 5.75 Å². The zero-order valence-electron chi connectivity index (χ0n) is 20.2. The Morgan fingerprint density at radius 1 is 1.03 bits per heavy atom. The zero-order valence-corrected chi connectivity index (χ0v) is 21.9. The number of likely N-dealkylation sites (N-methyl/N-ethyl adjacent to an activating group) is 1. The SMILES string of the molecule is CN[C@@H](C)C(=O)Nc1cccc(N(c2nc3ccccc3nc2Nc2cc(OC)ccc2Cl)[SH](=O)=O)c1. The van der Waals surface area contributed by atoms with Gasteiger partial charge in [0.15, 0.2) is 11.6 Å². The summed E-state index contributed by atoms with van der Waals surface area (Å²) in [5, 5.41) is 9.12. The van der Waals surface area contributed by atoms with Crippen LogP contribution in [-0.2, 0) is 15.7 Å². The zero-order chi connectivity index (χ0) is 26.5. The number of para-hydroxylation sites is 2. The van der Waals surface area contributed by atoms with Crippen LogP contribution in [0.1, 0.15) is 6.92 Å². The van der Waals surface area contributed by atoms with Crippen molar-refractivity contribution in [3.8, 4) is 5.75 Å². The summed E-state index contributed by atoms with van der Waals surface area (Å²) < 4.78 is 31.6. The third-order valence-electron chi connectivity index (χ3n) is 5.53. The van der Waals surface area contributed by atoms with Crippen LogP contribution in [0.3, 0.4) is 0 Å². The Labute approximate surface area is 220 Å². The van der Waals surface area contributed by atoms with Crippen molar-refractivity contribution in [2.24, 2.45) is 0 Å². The summed E-state index contributed by atoms with van der Waals surface area (Å²) in [6.45, 7) is 1.71. The molecule has 1 amide bonds. The molecule has 12 heteroatoms. The first kappa shape index (κ1) is 26.1. The summed E-state index contributed by atoms with van der Waals surface area (Å²) in [5.74, 6) is 0.471. The van der Waals surface area contributed by atoms with Gasteiger partial charge in [0, 0.05) is 11.8 Å². The average Bonchev–Trinajstić information content (AvgIpc) is 2.89. The highest BCUT2D eigenvalue weighted by atomic mass is 35.5. The maximum Gasteiger partial charge on any atom is 0.241 e. The number of hydrogen-bond donors (Lipinski definition) is 4. The number of aromatic nitrogens is 2. The first-order valence-electron chi connectivity index (χ1n) is 11.2. The molecular weight excluding hydrogens is 516 g/mol. The van der Waals surface area contributed by atoms with Crippen molar-refractivity contribution in [1.82, 2.24) is 15.3 Å². The van der Waals surface area contributed by atoms with E-state index in [4.69, 9.17) is 16.3 Å². The normalized spacial score (nSPS) is 11.8. The molecule has 4 rings (SSSR count). The molecule has 1 heterocycles. The van der Waals surface area contributed by atoms with E-state index in [0.717, 1.165) is 4.31 Å². The number of amides is 1. The van der Waals surface area contributed by atoms with Crippen molar-refractivity contribution in [3.05, 3.63) is 71.8 Å². The molecule has 0 spiro atoms. The number of carbonyl (C=O) groups excluding carboxylic acids is 1. The molecule has 37 heavy (non-hydrogen) atoms. The van der Waals surface area contributed by atoms with Gasteiger partial charge in [-0.15, -0.1) is 0 Å². The second-order valence-corrected chi connectivity index (χ2v) is 9.24. The van der Waals surface area contributed by atoms with Gasteiger partial charge in [-0.2, -0.15) is 0 Å². The van der Waals surface area contributed by atoms with E-state index in [1.54, 1.807) is 74.6 Å². The second-order valence-electron chi connectivity index (χ2n) is 7.95. The van der Waals surface area contributed by atoms with E-state index < -0.39 is 16.9 Å². The molecule has 0 fully saturated rings. The van der Waals surface area contributed by atoms with E-state index >= 15 is 0 Å². The molecule has 4 aromatic rings. The lowest BCUT2D eigenvalue weighted by molar-refractivity contribution is -0.117. The molecule has 0 saturated carbocycles. The Morgan fingerprint density at radius 3 is 2.43 bits per heavy atom. The number of carbonyl (C=O) groups is 1. The Hall–Kier alpha value is -3.93. The number of nitrogens with zero attached hydrogens (tertiary/aromatic N) is 3. The molecule has 10 nitrogen and oxygen atoms in total. The molecule has 0 aliphatic heterocycles. The molecule has 0 saturated heterocycles. The summed E-state index contributed by atoms with van der Waals surface area (Å²) in [6.07, 6.45) is 0. The van der Waals surface area contributed by atoms with Crippen LogP contribution in [-0.4, -0.2) is 44.5 Å². The summed E-state index contributed by atoms with van der Waals surface area (Å²) in [5.41, 5.74) is 2.18. The number of ether oxygens (including phenoxy) is 1. The molecule has 3 N–H and O–H groups in total. The average molecular weight is 541 g/mol. The number of rotatable bonds is 9. The maximum absolute atomic E-state index is 12.6. The molecule has 192 valence electrons. The van der Waals surface area contributed by atoms with Gasteiger partial charge in [-0.05, 0) is 56.4 Å². The number of anilines is 5. The molecule has 1 aromatic heterocycles. The van der Waals surface area contributed by atoms with Crippen LogP contribution in [0, 0.1) is 0 Å². The van der Waals surface area contributed by atoms with Crippen molar-refractivity contribution < 1.29 is 17.9 Å². The fourth-order valence-electron chi connectivity index (χ4n) is 3.47. The van der Waals surface area contributed by atoms with E-state index in [1.807, 2.05) is 6.07 Å². The molecule has 0 radical (unpaired) electrons. The van der Waals surface area contributed by atoms with Gasteiger partial charge in [-0.3, -0.25) is 4.79 Å². The Bertz CT molecular complexity index is 1520. The molecule has 3 aromatic carbocycles. The van der Waals surface area contributed by atoms with Crippen LogP contribution in [0.15, 0.2) is 66.7 Å². The van der Waals surface area contributed by atoms with Gasteiger partial charge in [-0.25, -0.2) is 22.7 Å². The van der Waals surface area contributed by atoms with Gasteiger partial charge in [-0.1, -0.05) is 29.8 Å². The number of nitrogens with one attached hydrogen (secondary N) is 3. The van der Waals surface area contributed by atoms with Gasteiger partial charge in [0.05, 0.1) is 40.6 Å². The van der Waals surface area contributed by atoms with E-state index in [9.17, 15) is 13.2 Å². The van der Waals surface area contributed by atoms with E-state index in [2.05, 4.69) is 25.9 Å². The van der Waals surface area contributed by atoms with Gasteiger partial charge >= 0.3 is 0 Å². The van der Waals surface area contributed by atoms with Crippen molar-refractivity contribution in [3.63, 3.8) is 0 Å². The highest BCUT2D eigenvalue weighted by molar-refractivity contribution is 7.74. The highest BCUT2D eigenvalue weighted by Crippen LogP contribution is 2.36. The summed E-state index contributed by atoms with van der Waals surface area (Å²) in [4.78, 5) is 21.6. The Kier molecular flexibility index (Phi) is 8.07. The van der Waals surface area contributed by atoms with Crippen molar-refractivity contribution in [1.29, 1.82) is 0 Å². The number of thiol groups is 1. The van der Waals surface area contributed by atoms with Crippen LogP contribution in [0.4, 0.5) is 28.7 Å². The summed E-state index contributed by atoms with van der Waals surface area (Å²) in [6, 6.07) is 18.1. The minimum absolute atomic E-state index is 0.0285. The Balaban J connectivity index is 1.84. The molecule has 0 unspecified atom stereocenters. The van der Waals surface area contributed by atoms with Crippen molar-refractivity contribution in [2.75, 3.05) is 29.1 Å². The van der Waals surface area contributed by atoms with Gasteiger partial charge in [0.1, 0.15) is 5.75 Å². The second kappa shape index (κ2) is 11.4. The number of benzene rings is 3. The lowest BCUT2D eigenvalue weighted by atomic mass is 10.2. The predicted molar refractivity (Wildman–Crippen MR) is 147 cm³/mol. The maximum atomic E-state index is 12.6. The van der Waals surface area contributed by atoms with Crippen molar-refractivity contribution >= 4 is 68.1 Å². The van der Waals surface area contributed by atoms with Crippen LogP contribution in [0.2, 0.25) is 5.02 Å². The summed E-state index contributed by atoms with van der Waals surface area (Å²) >= 11 is 6.39. The first-order chi connectivity index (χ1) is 17.8. The standard InChI is InChI=1S/C25H25ClN6O4S/c1-15(27-2)25(33)28-16-7-6-8-17(13-16)32(37(34)35)24-23(29-20-9-4-5-10-21(20)31-24)30-22-14-18(36-3)11-12-19(22)26/h4-15,27,37H,1-3H3,(H,28,33)(H,29,30)/t15-/m0/s1. The molecule has 0 bridgehead atoms. The number of halogens is 1. The third kappa shape index (κ3) is 5.91. The molecule has 0 aliphatic carbocycles. The van der Waals surface area contributed by atoms with Crippen molar-refractivity contribution in [2.45, 2.75) is 13.0 Å². The lowest BCUT2D eigenvalue weighted by Gasteiger charge is -2.21. The highest BCUT2D eigenvalue weighted by Gasteiger charge is 2.22. The quantitative estimate of drug-likeness (QED) is 0.232. The van der Waals surface area contributed by atoms with Gasteiger partial charge in [0.2, 0.25) is 16.8 Å². The fourth-order valence-corrected chi connectivity index (χ4v) is 4.24. The first-order valence-corrected chi connectivity index (χ1v) is 12.7. The smallest absolute Gasteiger partial charge is 0.241 e. The van der Waals surface area contributed by atoms with Gasteiger partial charge < -0.3 is 20.7 Å². The minimum Gasteiger partial charge on any atom is -0.497 e. The van der Waals surface area contributed by atoms with Crippen LogP contribution < -0.4 is 25.0 Å². The largest absolute Gasteiger partial charge is 0.497 e. The fraction of sp³-hybridized carbons (Fsp3) is 0.160. The Morgan fingerprint density at radius 2 is 1.76 bits per heavy atom. The monoisotopic (exact) mass is 540 g/mol. The molecule has 0 aliphatic rings. The molecule has 1 atom stereocenters. The summed E-state index contributed by atoms with van der Waals surface area (Å²) in [7, 11) is -0.0183. The predicted octanol–water partition coefficient (Wildman–Crippen LogP) is 4.25. The van der Waals surface area contributed by atoms with E-state index in [1.165, 1.54) is 7.11 Å².